The highest BCUT2D eigenvalue weighted by Crippen LogP contribution is 2.22. The zero-order valence-corrected chi connectivity index (χ0v) is 8.89. The molecule has 0 aliphatic heterocycles. The van der Waals surface area contributed by atoms with Gasteiger partial charge in [0.15, 0.2) is 0 Å². The molecule has 0 saturated heterocycles. The van der Waals surface area contributed by atoms with Crippen LogP contribution in [0.4, 0.5) is 4.39 Å². The predicted molar refractivity (Wildman–Crippen MR) is 57.9 cm³/mol. The summed E-state index contributed by atoms with van der Waals surface area (Å²) in [7, 11) is 0. The van der Waals surface area contributed by atoms with Crippen molar-refractivity contribution in [1.29, 1.82) is 0 Å². The van der Waals surface area contributed by atoms with Crippen LogP contribution in [0.5, 0.6) is 0 Å². The van der Waals surface area contributed by atoms with Crippen molar-refractivity contribution in [3.63, 3.8) is 0 Å². The van der Waals surface area contributed by atoms with Crippen molar-refractivity contribution in [3.8, 4) is 11.3 Å². The van der Waals surface area contributed by atoms with E-state index in [9.17, 15) is 9.18 Å². The molecule has 2 rings (SSSR count). The van der Waals surface area contributed by atoms with Crippen LogP contribution in [0, 0.1) is 5.82 Å². The number of benzene rings is 1. The highest BCUT2D eigenvalue weighted by Gasteiger charge is 2.11. The quantitative estimate of drug-likeness (QED) is 0.884. The number of carboxylic acid groups (broad SMARTS) is 1. The molecule has 0 aliphatic carbocycles. The Morgan fingerprint density at radius 1 is 1.41 bits per heavy atom. The fraction of sp³-hybridized carbons (Fsp3) is 0.167. The van der Waals surface area contributed by atoms with Crippen LogP contribution in [0.3, 0.4) is 0 Å². The average molecular weight is 235 g/mol. The number of halogens is 1. The van der Waals surface area contributed by atoms with Crippen LogP contribution < -0.4 is 0 Å². The lowest BCUT2D eigenvalue weighted by Crippen LogP contribution is -1.96. The topological polar surface area (TPSA) is 63.3 Å². The molecule has 17 heavy (non-hydrogen) atoms. The average Bonchev–Trinajstić information content (AvgIpc) is 2.75. The molecular formula is C12H10FNO3. The smallest absolute Gasteiger partial charge is 0.303 e. The maximum atomic E-state index is 13.4. The van der Waals surface area contributed by atoms with Crippen molar-refractivity contribution in [1.82, 2.24) is 5.16 Å². The van der Waals surface area contributed by atoms with Gasteiger partial charge in [0.2, 0.25) is 0 Å². The van der Waals surface area contributed by atoms with Crippen LogP contribution >= 0.6 is 0 Å². The summed E-state index contributed by atoms with van der Waals surface area (Å²) in [6, 6.07) is 7.77. The Balaban J connectivity index is 2.18. The minimum Gasteiger partial charge on any atom is -0.481 e. The summed E-state index contributed by atoms with van der Waals surface area (Å²) < 4.78 is 18.4. The molecule has 1 N–H and O–H groups in total. The Labute approximate surface area is 96.7 Å². The van der Waals surface area contributed by atoms with Crippen LogP contribution in [0.2, 0.25) is 0 Å². The molecule has 0 spiro atoms. The van der Waals surface area contributed by atoms with Gasteiger partial charge in [-0.05, 0) is 12.1 Å². The first kappa shape index (κ1) is 11.3. The Kier molecular flexibility index (Phi) is 3.18. The Morgan fingerprint density at radius 2 is 2.18 bits per heavy atom. The van der Waals surface area contributed by atoms with Crippen molar-refractivity contribution >= 4 is 5.97 Å². The lowest BCUT2D eigenvalue weighted by molar-refractivity contribution is -0.137. The molecular weight excluding hydrogens is 225 g/mol. The lowest BCUT2D eigenvalue weighted by Gasteiger charge is -1.95. The zero-order valence-electron chi connectivity index (χ0n) is 8.89. The summed E-state index contributed by atoms with van der Waals surface area (Å²) in [5.74, 6) is -0.856. The Hall–Kier alpha value is -2.17. The molecule has 88 valence electrons. The first-order valence-electron chi connectivity index (χ1n) is 5.09. The van der Waals surface area contributed by atoms with Crippen LogP contribution in [0.15, 0.2) is 34.9 Å². The van der Waals surface area contributed by atoms with E-state index < -0.39 is 5.97 Å². The molecule has 0 atom stereocenters. The maximum absolute atomic E-state index is 13.4. The summed E-state index contributed by atoms with van der Waals surface area (Å²) in [5, 5.41) is 12.2. The molecule has 1 aromatic carbocycles. The first-order chi connectivity index (χ1) is 8.16. The normalized spacial score (nSPS) is 10.4. The zero-order chi connectivity index (χ0) is 12.3. The van der Waals surface area contributed by atoms with Gasteiger partial charge in [-0.25, -0.2) is 4.39 Å². The minimum atomic E-state index is -0.908. The summed E-state index contributed by atoms with van der Waals surface area (Å²) in [6.07, 6.45) is 0.211. The van der Waals surface area contributed by atoms with E-state index in [1.165, 1.54) is 6.07 Å². The standard InChI is InChI=1S/C12H10FNO3/c13-10-4-2-1-3-9(10)11-7-8(17-14-11)5-6-12(15)16/h1-4,7H,5-6H2,(H,15,16). The van der Waals surface area contributed by atoms with E-state index in [4.69, 9.17) is 9.63 Å². The summed E-state index contributed by atoms with van der Waals surface area (Å²) in [5.41, 5.74) is 0.723. The molecule has 1 aromatic heterocycles. The fourth-order valence-electron chi connectivity index (χ4n) is 1.46. The molecule has 0 saturated carbocycles. The summed E-state index contributed by atoms with van der Waals surface area (Å²) in [6.45, 7) is 0. The van der Waals surface area contributed by atoms with E-state index in [2.05, 4.69) is 5.16 Å². The number of nitrogens with zero attached hydrogens (tertiary/aromatic N) is 1. The number of hydrogen-bond donors (Lipinski definition) is 1. The Morgan fingerprint density at radius 3 is 2.88 bits per heavy atom. The highest BCUT2D eigenvalue weighted by atomic mass is 19.1. The van der Waals surface area contributed by atoms with Crippen LogP contribution in [-0.2, 0) is 11.2 Å². The molecule has 1 heterocycles. The van der Waals surface area contributed by atoms with Crippen molar-refractivity contribution in [2.45, 2.75) is 12.8 Å². The van der Waals surface area contributed by atoms with Gasteiger partial charge in [0.05, 0.1) is 6.42 Å². The molecule has 0 amide bonds. The monoisotopic (exact) mass is 235 g/mol. The third-order valence-corrected chi connectivity index (χ3v) is 2.29. The number of rotatable bonds is 4. The van der Waals surface area contributed by atoms with E-state index in [-0.39, 0.29) is 18.7 Å². The van der Waals surface area contributed by atoms with Gasteiger partial charge in [0, 0.05) is 18.1 Å². The minimum absolute atomic E-state index is 0.0358. The van der Waals surface area contributed by atoms with Crippen LogP contribution in [0.25, 0.3) is 11.3 Å². The molecule has 0 bridgehead atoms. The van der Waals surface area contributed by atoms with Crippen molar-refractivity contribution in [2.24, 2.45) is 0 Å². The van der Waals surface area contributed by atoms with Gasteiger partial charge >= 0.3 is 5.97 Å². The predicted octanol–water partition coefficient (Wildman–Crippen LogP) is 2.50. The van der Waals surface area contributed by atoms with Gasteiger partial charge in [-0.2, -0.15) is 0 Å². The number of carboxylic acids is 1. The number of carbonyl (C=O) groups is 1. The van der Waals surface area contributed by atoms with Gasteiger partial charge in [0.1, 0.15) is 17.3 Å². The molecule has 0 fully saturated rings. The number of aromatic nitrogens is 1. The second-order valence-corrected chi connectivity index (χ2v) is 3.55. The number of hydrogen-bond acceptors (Lipinski definition) is 3. The van der Waals surface area contributed by atoms with Crippen LogP contribution in [0.1, 0.15) is 12.2 Å². The third kappa shape index (κ3) is 2.69. The van der Waals surface area contributed by atoms with Gasteiger partial charge in [-0.1, -0.05) is 17.3 Å². The summed E-state index contributed by atoms with van der Waals surface area (Å²) in [4.78, 5) is 10.4. The van der Waals surface area contributed by atoms with Gasteiger partial charge in [-0.15, -0.1) is 0 Å². The van der Waals surface area contributed by atoms with E-state index >= 15 is 0 Å². The molecule has 4 nitrogen and oxygen atoms in total. The van der Waals surface area contributed by atoms with E-state index in [0.717, 1.165) is 0 Å². The van der Waals surface area contributed by atoms with Gasteiger partial charge in [-0.3, -0.25) is 4.79 Å². The first-order valence-corrected chi connectivity index (χ1v) is 5.09. The molecule has 0 unspecified atom stereocenters. The second-order valence-electron chi connectivity index (χ2n) is 3.55. The van der Waals surface area contributed by atoms with Gasteiger partial charge in [0.25, 0.3) is 0 Å². The third-order valence-electron chi connectivity index (χ3n) is 2.29. The second kappa shape index (κ2) is 4.78. The number of aliphatic carboxylic acids is 1. The van der Waals surface area contributed by atoms with Crippen molar-refractivity contribution < 1.29 is 18.8 Å². The molecule has 0 radical (unpaired) electrons. The Bertz CT molecular complexity index is 536. The maximum Gasteiger partial charge on any atom is 0.303 e. The SMILES string of the molecule is O=C(O)CCc1cc(-c2ccccc2F)no1. The van der Waals surface area contributed by atoms with E-state index in [0.29, 0.717) is 17.0 Å². The molecule has 0 aliphatic rings. The van der Waals surface area contributed by atoms with Crippen LogP contribution in [-0.4, -0.2) is 16.2 Å². The van der Waals surface area contributed by atoms with E-state index in [1.54, 1.807) is 24.3 Å². The van der Waals surface area contributed by atoms with Gasteiger partial charge < -0.3 is 9.63 Å². The fourth-order valence-corrected chi connectivity index (χ4v) is 1.46. The summed E-state index contributed by atoms with van der Waals surface area (Å²) >= 11 is 0. The van der Waals surface area contributed by atoms with E-state index in [1.807, 2.05) is 0 Å². The van der Waals surface area contributed by atoms with Crippen molar-refractivity contribution in [2.75, 3.05) is 0 Å². The largest absolute Gasteiger partial charge is 0.481 e. The van der Waals surface area contributed by atoms with Crippen molar-refractivity contribution in [3.05, 3.63) is 41.9 Å². The molecule has 5 heteroatoms. The number of aryl methyl sites for hydroxylation is 1. The lowest BCUT2D eigenvalue weighted by atomic mass is 10.1. The molecule has 2 aromatic rings. The highest BCUT2D eigenvalue weighted by molar-refractivity contribution is 5.67.